The van der Waals surface area contributed by atoms with E-state index in [9.17, 15) is 8.42 Å². The topological polar surface area (TPSA) is 65.0 Å². The Labute approximate surface area is 135 Å². The average Bonchev–Trinajstić information content (AvgIpc) is 2.60. The molecule has 2 aromatic rings. The largest absolute Gasteiger partial charge is 0.497 e. The maximum absolute atomic E-state index is 12.2. The molecule has 0 heterocycles. The van der Waals surface area contributed by atoms with Crippen LogP contribution in [0.4, 0.5) is 0 Å². The second kappa shape index (κ2) is 6.42. The Bertz CT molecular complexity index is 826. The van der Waals surface area contributed by atoms with Crippen LogP contribution in [-0.2, 0) is 20.8 Å². The van der Waals surface area contributed by atoms with Crippen molar-refractivity contribution in [2.45, 2.75) is 24.2 Å². The minimum Gasteiger partial charge on any atom is -0.497 e. The lowest BCUT2D eigenvalue weighted by Crippen LogP contribution is -2.13. The number of aryl methyl sites for hydroxylation is 1. The summed E-state index contributed by atoms with van der Waals surface area (Å²) in [7, 11) is -2.41. The number of rotatable bonds is 4. The van der Waals surface area contributed by atoms with E-state index in [-0.39, 0.29) is 4.90 Å². The van der Waals surface area contributed by atoms with Crippen molar-refractivity contribution in [3.63, 3.8) is 0 Å². The molecule has 0 saturated carbocycles. The Kier molecular flexibility index (Phi) is 4.34. The lowest BCUT2D eigenvalue weighted by atomic mass is 9.90. The van der Waals surface area contributed by atoms with E-state index in [1.165, 1.54) is 24.8 Å². The zero-order valence-electron chi connectivity index (χ0n) is 12.7. The zero-order valence-corrected chi connectivity index (χ0v) is 13.5. The molecule has 0 spiro atoms. The molecule has 0 amide bonds. The number of ether oxygens (including phenoxy) is 1. The minimum absolute atomic E-state index is 0.0479. The maximum atomic E-state index is 12.2. The van der Waals surface area contributed by atoms with Crippen molar-refractivity contribution >= 4 is 15.8 Å². The Morgan fingerprint density at radius 1 is 1.00 bits per heavy atom. The highest BCUT2D eigenvalue weighted by Gasteiger charge is 2.19. The van der Waals surface area contributed by atoms with Crippen LogP contribution in [0, 0.1) is 0 Å². The number of benzene rings is 2. The molecule has 0 aromatic heterocycles. The van der Waals surface area contributed by atoms with Crippen molar-refractivity contribution in [2.24, 2.45) is 5.16 Å². The van der Waals surface area contributed by atoms with Crippen molar-refractivity contribution in [1.29, 1.82) is 0 Å². The van der Waals surface area contributed by atoms with E-state index in [4.69, 9.17) is 9.02 Å². The normalized spacial score (nSPS) is 16.0. The number of fused-ring (bicyclic) bond motifs is 1. The number of hydrogen-bond acceptors (Lipinski definition) is 5. The zero-order chi connectivity index (χ0) is 16.3. The third-order valence-corrected chi connectivity index (χ3v) is 4.90. The molecule has 3 rings (SSSR count). The molecule has 0 aliphatic heterocycles. The highest BCUT2D eigenvalue weighted by atomic mass is 32.2. The number of methoxy groups -OCH3 is 1. The highest BCUT2D eigenvalue weighted by molar-refractivity contribution is 7.86. The summed E-state index contributed by atoms with van der Waals surface area (Å²) in [4.78, 5) is 0.0479. The van der Waals surface area contributed by atoms with Crippen LogP contribution in [0.5, 0.6) is 5.75 Å². The van der Waals surface area contributed by atoms with Gasteiger partial charge >= 0.3 is 10.1 Å². The molecule has 0 unspecified atom stereocenters. The van der Waals surface area contributed by atoms with Crippen LogP contribution in [-0.4, -0.2) is 21.2 Å². The van der Waals surface area contributed by atoms with Gasteiger partial charge in [0.1, 0.15) is 10.6 Å². The average molecular weight is 331 g/mol. The third kappa shape index (κ3) is 3.37. The van der Waals surface area contributed by atoms with Crippen molar-refractivity contribution < 1.29 is 17.4 Å². The summed E-state index contributed by atoms with van der Waals surface area (Å²) >= 11 is 0. The quantitative estimate of drug-likeness (QED) is 0.807. The first-order valence-corrected chi connectivity index (χ1v) is 8.74. The predicted molar refractivity (Wildman–Crippen MR) is 87.2 cm³/mol. The Hall–Kier alpha value is -2.34. The molecule has 0 saturated heterocycles. The van der Waals surface area contributed by atoms with Gasteiger partial charge in [-0.05, 0) is 49.1 Å². The SMILES string of the molecule is COc1ccc(S(=O)(=O)ON=C2CCCc3ccccc32)cc1. The smallest absolute Gasteiger partial charge is 0.358 e. The van der Waals surface area contributed by atoms with Gasteiger partial charge in [0.15, 0.2) is 0 Å². The summed E-state index contributed by atoms with van der Waals surface area (Å²) in [5.74, 6) is 0.580. The van der Waals surface area contributed by atoms with Crippen LogP contribution in [0.25, 0.3) is 0 Å². The second-order valence-electron chi connectivity index (χ2n) is 5.25. The second-order valence-corrected chi connectivity index (χ2v) is 6.78. The molecule has 0 atom stereocenters. The van der Waals surface area contributed by atoms with E-state index in [0.29, 0.717) is 17.9 Å². The number of oxime groups is 1. The molecule has 0 radical (unpaired) electrons. The van der Waals surface area contributed by atoms with Crippen molar-refractivity contribution in [3.8, 4) is 5.75 Å². The van der Waals surface area contributed by atoms with Gasteiger partial charge in [-0.3, -0.25) is 4.28 Å². The molecule has 5 nitrogen and oxygen atoms in total. The molecule has 0 N–H and O–H groups in total. The van der Waals surface area contributed by atoms with Gasteiger partial charge in [0.2, 0.25) is 0 Å². The number of nitrogens with zero attached hydrogens (tertiary/aromatic N) is 1. The van der Waals surface area contributed by atoms with Gasteiger partial charge in [-0.15, -0.1) is 0 Å². The van der Waals surface area contributed by atoms with Crippen LogP contribution < -0.4 is 4.74 Å². The first-order valence-electron chi connectivity index (χ1n) is 7.33. The first-order chi connectivity index (χ1) is 11.1. The van der Waals surface area contributed by atoms with E-state index in [1.54, 1.807) is 12.1 Å². The van der Waals surface area contributed by atoms with E-state index >= 15 is 0 Å². The van der Waals surface area contributed by atoms with Crippen LogP contribution in [0.2, 0.25) is 0 Å². The molecule has 0 fully saturated rings. The Morgan fingerprint density at radius 3 is 2.48 bits per heavy atom. The van der Waals surface area contributed by atoms with E-state index < -0.39 is 10.1 Å². The Morgan fingerprint density at radius 2 is 1.74 bits per heavy atom. The standard InChI is InChI=1S/C17H17NO4S/c1-21-14-9-11-15(12-10-14)23(19,20)22-18-17-8-4-6-13-5-2-3-7-16(13)17/h2-3,5,7,9-12H,4,6,8H2,1H3. The van der Waals surface area contributed by atoms with Crippen LogP contribution in [0.3, 0.4) is 0 Å². The maximum Gasteiger partial charge on any atom is 0.358 e. The van der Waals surface area contributed by atoms with Gasteiger partial charge in [0.05, 0.1) is 12.8 Å². The summed E-state index contributed by atoms with van der Waals surface area (Å²) in [6, 6.07) is 13.9. The van der Waals surface area contributed by atoms with Crippen LogP contribution >= 0.6 is 0 Å². The van der Waals surface area contributed by atoms with Gasteiger partial charge < -0.3 is 4.74 Å². The number of hydrogen-bond donors (Lipinski definition) is 0. The molecule has 1 aliphatic rings. The molecule has 120 valence electrons. The molecular formula is C17H17NO4S. The van der Waals surface area contributed by atoms with Crippen molar-refractivity contribution in [2.75, 3.05) is 7.11 Å². The minimum atomic E-state index is -3.93. The fourth-order valence-electron chi connectivity index (χ4n) is 2.58. The summed E-state index contributed by atoms with van der Waals surface area (Å²) in [5, 5.41) is 3.91. The molecule has 6 heteroatoms. The Balaban J connectivity index is 1.84. The van der Waals surface area contributed by atoms with Gasteiger partial charge in [0, 0.05) is 5.56 Å². The van der Waals surface area contributed by atoms with Crippen LogP contribution in [0.1, 0.15) is 24.0 Å². The van der Waals surface area contributed by atoms with Gasteiger partial charge in [-0.25, -0.2) is 0 Å². The van der Waals surface area contributed by atoms with E-state index in [1.807, 2.05) is 24.3 Å². The molecule has 0 bridgehead atoms. The fraction of sp³-hybridized carbons (Fsp3) is 0.235. The lowest BCUT2D eigenvalue weighted by molar-refractivity contribution is 0.337. The molecular weight excluding hydrogens is 314 g/mol. The fourth-order valence-corrected chi connectivity index (χ4v) is 3.32. The molecule has 23 heavy (non-hydrogen) atoms. The molecule has 1 aliphatic carbocycles. The van der Waals surface area contributed by atoms with Crippen LogP contribution in [0.15, 0.2) is 58.6 Å². The van der Waals surface area contributed by atoms with Crippen molar-refractivity contribution in [1.82, 2.24) is 0 Å². The van der Waals surface area contributed by atoms with E-state index in [2.05, 4.69) is 5.16 Å². The molecule has 2 aromatic carbocycles. The predicted octanol–water partition coefficient (Wildman–Crippen LogP) is 3.14. The summed E-state index contributed by atoms with van der Waals surface area (Å²) in [6.07, 6.45) is 2.61. The van der Waals surface area contributed by atoms with Crippen molar-refractivity contribution in [3.05, 3.63) is 59.7 Å². The van der Waals surface area contributed by atoms with Gasteiger partial charge in [-0.2, -0.15) is 8.42 Å². The first kappa shape index (κ1) is 15.6. The monoisotopic (exact) mass is 331 g/mol. The lowest BCUT2D eigenvalue weighted by Gasteiger charge is -2.16. The highest BCUT2D eigenvalue weighted by Crippen LogP contribution is 2.23. The van der Waals surface area contributed by atoms with Gasteiger partial charge in [-0.1, -0.05) is 29.4 Å². The summed E-state index contributed by atoms with van der Waals surface area (Å²) < 4.78 is 34.4. The summed E-state index contributed by atoms with van der Waals surface area (Å²) in [6.45, 7) is 0. The summed E-state index contributed by atoms with van der Waals surface area (Å²) in [5.41, 5.74) is 2.80. The van der Waals surface area contributed by atoms with Gasteiger partial charge in [0.25, 0.3) is 0 Å². The third-order valence-electron chi connectivity index (χ3n) is 3.78. The van der Waals surface area contributed by atoms with E-state index in [0.717, 1.165) is 18.4 Å².